The van der Waals surface area contributed by atoms with Crippen molar-refractivity contribution in [3.8, 4) is 0 Å². The fourth-order valence-electron chi connectivity index (χ4n) is 2.59. The number of nitrogens with one attached hydrogen (secondary N) is 1. The van der Waals surface area contributed by atoms with Crippen molar-refractivity contribution in [3.05, 3.63) is 30.2 Å². The van der Waals surface area contributed by atoms with Crippen molar-refractivity contribution in [2.24, 2.45) is 0 Å². The summed E-state index contributed by atoms with van der Waals surface area (Å²) >= 11 is 0. The van der Waals surface area contributed by atoms with E-state index >= 15 is 0 Å². The van der Waals surface area contributed by atoms with Gasteiger partial charge < -0.3 is 14.6 Å². The van der Waals surface area contributed by atoms with Crippen LogP contribution in [-0.4, -0.2) is 36.0 Å². The smallest absolute Gasteiger partial charge is 0.246 e. The van der Waals surface area contributed by atoms with E-state index in [4.69, 9.17) is 4.42 Å². The minimum atomic E-state index is 0.104. The maximum absolute atomic E-state index is 12.3. The molecule has 1 unspecified atom stereocenters. The zero-order valence-electron chi connectivity index (χ0n) is 11.0. The number of carbonyl (C=O) groups excluding carboxylic acids is 1. The Balaban J connectivity index is 1.60. The highest BCUT2D eigenvalue weighted by molar-refractivity contribution is 5.91. The van der Waals surface area contributed by atoms with Crippen LogP contribution in [0.3, 0.4) is 0 Å². The minimum Gasteiger partial charge on any atom is -0.465 e. The average Bonchev–Trinajstić information content (AvgIpc) is 2.94. The molecular weight excluding hydrogens is 240 g/mol. The zero-order valence-corrected chi connectivity index (χ0v) is 11.0. The molecule has 0 radical (unpaired) electrons. The normalized spacial score (nSPS) is 23.1. The van der Waals surface area contributed by atoms with Gasteiger partial charge in [0.05, 0.1) is 6.26 Å². The lowest BCUT2D eigenvalue weighted by molar-refractivity contribution is -0.126. The molecule has 19 heavy (non-hydrogen) atoms. The molecule has 4 heteroatoms. The first-order chi connectivity index (χ1) is 9.33. The second-order valence-corrected chi connectivity index (χ2v) is 5.36. The number of hydrogen-bond donors (Lipinski definition) is 1. The molecule has 0 aromatic carbocycles. The first kappa shape index (κ1) is 12.5. The molecule has 1 saturated heterocycles. The highest BCUT2D eigenvalue weighted by Crippen LogP contribution is 2.28. The summed E-state index contributed by atoms with van der Waals surface area (Å²) in [6.45, 7) is 1.92. The highest BCUT2D eigenvalue weighted by atomic mass is 16.3. The largest absolute Gasteiger partial charge is 0.465 e. The van der Waals surface area contributed by atoms with Gasteiger partial charge in [-0.05, 0) is 50.4 Å². The minimum absolute atomic E-state index is 0.104. The van der Waals surface area contributed by atoms with Crippen LogP contribution in [0.1, 0.15) is 31.4 Å². The summed E-state index contributed by atoms with van der Waals surface area (Å²) in [7, 11) is 0. The second-order valence-electron chi connectivity index (χ2n) is 5.36. The lowest BCUT2D eigenvalue weighted by atomic mass is 10.2. The first-order valence-corrected chi connectivity index (χ1v) is 7.08. The van der Waals surface area contributed by atoms with Crippen LogP contribution in [0.25, 0.3) is 6.08 Å². The summed E-state index contributed by atoms with van der Waals surface area (Å²) in [5.41, 5.74) is 0. The Kier molecular flexibility index (Phi) is 3.69. The highest BCUT2D eigenvalue weighted by Gasteiger charge is 2.33. The molecule has 1 amide bonds. The van der Waals surface area contributed by atoms with Crippen LogP contribution in [0, 0.1) is 0 Å². The van der Waals surface area contributed by atoms with Gasteiger partial charge in [0.1, 0.15) is 5.76 Å². The molecule has 2 fully saturated rings. The molecule has 1 aromatic rings. The van der Waals surface area contributed by atoms with E-state index in [1.807, 2.05) is 17.0 Å². The maximum Gasteiger partial charge on any atom is 0.246 e. The van der Waals surface area contributed by atoms with E-state index < -0.39 is 0 Å². The van der Waals surface area contributed by atoms with Gasteiger partial charge in [-0.2, -0.15) is 0 Å². The van der Waals surface area contributed by atoms with Crippen molar-refractivity contribution < 1.29 is 9.21 Å². The van der Waals surface area contributed by atoms with Gasteiger partial charge >= 0.3 is 0 Å². The number of nitrogens with zero attached hydrogens (tertiary/aromatic N) is 1. The van der Waals surface area contributed by atoms with Crippen molar-refractivity contribution in [1.29, 1.82) is 0 Å². The third-order valence-corrected chi connectivity index (χ3v) is 3.78. The molecule has 4 nitrogen and oxygen atoms in total. The Morgan fingerprint density at radius 2 is 2.37 bits per heavy atom. The molecule has 102 valence electrons. The van der Waals surface area contributed by atoms with Crippen LogP contribution in [0.2, 0.25) is 0 Å². The fourth-order valence-corrected chi connectivity index (χ4v) is 2.59. The SMILES string of the molecule is O=C(/C=C/c1ccco1)N(CC1CCCN1)C1CC1. The third-order valence-electron chi connectivity index (χ3n) is 3.78. The standard InChI is InChI=1S/C15H20N2O2/c18-15(8-7-14-4-2-10-19-14)17(13-5-6-13)11-12-3-1-9-16-12/h2,4,7-8,10,12-13,16H,1,3,5-6,9,11H2/b8-7+. The number of rotatable bonds is 5. The van der Waals surface area contributed by atoms with Gasteiger partial charge in [-0.3, -0.25) is 4.79 Å². The van der Waals surface area contributed by atoms with E-state index in [1.54, 1.807) is 18.4 Å². The van der Waals surface area contributed by atoms with Crippen molar-refractivity contribution in [1.82, 2.24) is 10.2 Å². The first-order valence-electron chi connectivity index (χ1n) is 7.08. The Labute approximate surface area is 113 Å². The van der Waals surface area contributed by atoms with Gasteiger partial charge in [0.2, 0.25) is 5.91 Å². The summed E-state index contributed by atoms with van der Waals surface area (Å²) in [6.07, 6.45) is 9.69. The molecule has 2 heterocycles. The van der Waals surface area contributed by atoms with E-state index in [0.29, 0.717) is 12.1 Å². The molecule has 1 N–H and O–H groups in total. The Bertz CT molecular complexity index is 443. The lowest BCUT2D eigenvalue weighted by Crippen LogP contribution is -2.41. The van der Waals surface area contributed by atoms with Crippen LogP contribution >= 0.6 is 0 Å². The van der Waals surface area contributed by atoms with Gasteiger partial charge in [0.25, 0.3) is 0 Å². The van der Waals surface area contributed by atoms with Gasteiger partial charge in [0, 0.05) is 24.7 Å². The summed E-state index contributed by atoms with van der Waals surface area (Å²) in [5, 5.41) is 3.46. The Hall–Kier alpha value is -1.55. The quantitative estimate of drug-likeness (QED) is 0.824. The third kappa shape index (κ3) is 3.26. The maximum atomic E-state index is 12.3. The summed E-state index contributed by atoms with van der Waals surface area (Å²) < 4.78 is 5.20. The molecule has 1 saturated carbocycles. The van der Waals surface area contributed by atoms with Crippen molar-refractivity contribution in [3.63, 3.8) is 0 Å². The zero-order chi connectivity index (χ0) is 13.1. The number of hydrogen-bond acceptors (Lipinski definition) is 3. The van der Waals surface area contributed by atoms with E-state index in [9.17, 15) is 4.79 Å². The van der Waals surface area contributed by atoms with Gasteiger partial charge in [0.15, 0.2) is 0 Å². The van der Waals surface area contributed by atoms with Crippen molar-refractivity contribution in [2.45, 2.75) is 37.8 Å². The van der Waals surface area contributed by atoms with E-state index in [-0.39, 0.29) is 5.91 Å². The lowest BCUT2D eigenvalue weighted by Gasteiger charge is -2.24. The predicted octanol–water partition coefficient (Wildman–Crippen LogP) is 2.04. The Morgan fingerprint density at radius 3 is 3.00 bits per heavy atom. The summed E-state index contributed by atoms with van der Waals surface area (Å²) in [4.78, 5) is 14.3. The molecule has 2 aliphatic rings. The van der Waals surface area contributed by atoms with Gasteiger partial charge in [-0.15, -0.1) is 0 Å². The predicted molar refractivity (Wildman–Crippen MR) is 73.5 cm³/mol. The molecule has 1 aliphatic carbocycles. The van der Waals surface area contributed by atoms with Crippen LogP contribution in [0.5, 0.6) is 0 Å². The molecule has 1 aromatic heterocycles. The topological polar surface area (TPSA) is 45.5 Å². The van der Waals surface area contributed by atoms with E-state index in [2.05, 4.69) is 5.32 Å². The number of furan rings is 1. The Morgan fingerprint density at radius 1 is 1.47 bits per heavy atom. The second kappa shape index (κ2) is 5.61. The van der Waals surface area contributed by atoms with Crippen molar-refractivity contribution in [2.75, 3.05) is 13.1 Å². The van der Waals surface area contributed by atoms with Gasteiger partial charge in [-0.1, -0.05) is 0 Å². The average molecular weight is 260 g/mol. The summed E-state index contributed by atoms with van der Waals surface area (Å²) in [6, 6.07) is 4.60. The monoisotopic (exact) mass is 260 g/mol. The van der Waals surface area contributed by atoms with E-state index in [1.165, 1.54) is 12.8 Å². The molecule has 0 spiro atoms. The number of amides is 1. The molecule has 1 aliphatic heterocycles. The number of carbonyl (C=O) groups is 1. The van der Waals surface area contributed by atoms with Crippen LogP contribution < -0.4 is 5.32 Å². The van der Waals surface area contributed by atoms with Crippen LogP contribution in [0.4, 0.5) is 0 Å². The molecule has 0 bridgehead atoms. The van der Waals surface area contributed by atoms with Gasteiger partial charge in [-0.25, -0.2) is 0 Å². The van der Waals surface area contributed by atoms with Crippen molar-refractivity contribution >= 4 is 12.0 Å². The van der Waals surface area contributed by atoms with Crippen LogP contribution in [0.15, 0.2) is 28.9 Å². The van der Waals surface area contributed by atoms with E-state index in [0.717, 1.165) is 31.7 Å². The molecular formula is C15H20N2O2. The summed E-state index contributed by atoms with van der Waals surface area (Å²) in [5.74, 6) is 0.829. The fraction of sp³-hybridized carbons (Fsp3) is 0.533. The van der Waals surface area contributed by atoms with Crippen LogP contribution in [-0.2, 0) is 4.79 Å². The molecule has 1 atom stereocenters. The molecule has 3 rings (SSSR count).